The number of pyridine rings is 1. The summed E-state index contributed by atoms with van der Waals surface area (Å²) in [5, 5.41) is 24.7. The number of aromatic nitrogens is 1. The number of nitro benzene ring substituents is 2. The standard InChI is InChI=1S/C25H15N3O5/c29-25-20-12-10-15(17-5-1-3-7-23(17)27(30)31)13-21(20)19-11-9-16(14-22(19)26-25)18-6-2-4-8-24(18)28(32)33/h1-14H,(H,26,29). The molecule has 8 nitrogen and oxygen atoms in total. The second kappa shape index (κ2) is 7.69. The van der Waals surface area contributed by atoms with Crippen LogP contribution in [0.15, 0.2) is 89.7 Å². The van der Waals surface area contributed by atoms with Crippen LogP contribution in [0.1, 0.15) is 0 Å². The maximum atomic E-state index is 12.8. The van der Waals surface area contributed by atoms with Gasteiger partial charge in [-0.15, -0.1) is 0 Å². The fourth-order valence-corrected chi connectivity index (χ4v) is 4.13. The number of para-hydroxylation sites is 2. The van der Waals surface area contributed by atoms with Crippen molar-refractivity contribution in [3.8, 4) is 22.3 Å². The normalized spacial score (nSPS) is 11.0. The molecule has 0 fully saturated rings. The average Bonchev–Trinajstić information content (AvgIpc) is 2.83. The maximum Gasteiger partial charge on any atom is 0.277 e. The fourth-order valence-electron chi connectivity index (χ4n) is 4.13. The summed E-state index contributed by atoms with van der Waals surface area (Å²) in [4.78, 5) is 37.6. The van der Waals surface area contributed by atoms with Crippen LogP contribution in [0.3, 0.4) is 0 Å². The zero-order valence-electron chi connectivity index (χ0n) is 17.0. The van der Waals surface area contributed by atoms with E-state index in [1.54, 1.807) is 72.8 Å². The minimum absolute atomic E-state index is 0.0235. The first-order valence-corrected chi connectivity index (χ1v) is 10.0. The second-order valence-corrected chi connectivity index (χ2v) is 7.52. The third-order valence-electron chi connectivity index (χ3n) is 5.65. The Labute approximate surface area is 186 Å². The Morgan fingerprint density at radius 1 is 0.606 bits per heavy atom. The summed E-state index contributed by atoms with van der Waals surface area (Å²) in [7, 11) is 0. The van der Waals surface area contributed by atoms with Crippen molar-refractivity contribution in [3.05, 3.63) is 116 Å². The van der Waals surface area contributed by atoms with Crippen molar-refractivity contribution in [2.45, 2.75) is 0 Å². The Morgan fingerprint density at radius 3 is 1.70 bits per heavy atom. The number of hydrogen-bond donors (Lipinski definition) is 1. The lowest BCUT2D eigenvalue weighted by Crippen LogP contribution is -2.06. The van der Waals surface area contributed by atoms with E-state index in [0.717, 1.165) is 5.39 Å². The number of H-pyrrole nitrogens is 1. The molecule has 33 heavy (non-hydrogen) atoms. The van der Waals surface area contributed by atoms with Crippen LogP contribution >= 0.6 is 0 Å². The molecule has 160 valence electrons. The van der Waals surface area contributed by atoms with Crippen LogP contribution in [0.4, 0.5) is 11.4 Å². The predicted molar refractivity (Wildman–Crippen MR) is 126 cm³/mol. The molecule has 0 bridgehead atoms. The Morgan fingerprint density at radius 2 is 1.12 bits per heavy atom. The molecule has 5 rings (SSSR count). The van der Waals surface area contributed by atoms with Crippen LogP contribution < -0.4 is 5.56 Å². The zero-order valence-corrected chi connectivity index (χ0v) is 17.0. The highest BCUT2D eigenvalue weighted by Crippen LogP contribution is 2.35. The first-order chi connectivity index (χ1) is 15.9. The number of fused-ring (bicyclic) bond motifs is 3. The summed E-state index contributed by atoms with van der Waals surface area (Å²) < 4.78 is 0. The largest absolute Gasteiger partial charge is 0.321 e. The van der Waals surface area contributed by atoms with Crippen molar-refractivity contribution in [3.63, 3.8) is 0 Å². The molecule has 0 aliphatic rings. The van der Waals surface area contributed by atoms with E-state index < -0.39 is 9.85 Å². The lowest BCUT2D eigenvalue weighted by Gasteiger charge is -2.09. The second-order valence-electron chi connectivity index (χ2n) is 7.52. The van der Waals surface area contributed by atoms with Gasteiger partial charge in [0.25, 0.3) is 16.9 Å². The van der Waals surface area contributed by atoms with Gasteiger partial charge in [0.1, 0.15) is 0 Å². The summed E-state index contributed by atoms with van der Waals surface area (Å²) in [6, 6.07) is 23.2. The molecule has 0 saturated carbocycles. The summed E-state index contributed by atoms with van der Waals surface area (Å²) >= 11 is 0. The maximum absolute atomic E-state index is 12.8. The van der Waals surface area contributed by atoms with E-state index in [1.807, 2.05) is 0 Å². The van der Waals surface area contributed by atoms with Crippen molar-refractivity contribution in [1.29, 1.82) is 0 Å². The number of hydrogen-bond acceptors (Lipinski definition) is 5. The first-order valence-electron chi connectivity index (χ1n) is 10.0. The van der Waals surface area contributed by atoms with Crippen LogP contribution in [0.2, 0.25) is 0 Å². The molecule has 4 aromatic carbocycles. The molecule has 0 amide bonds. The van der Waals surface area contributed by atoms with E-state index in [1.165, 1.54) is 12.1 Å². The molecule has 0 saturated heterocycles. The molecule has 0 atom stereocenters. The summed E-state index contributed by atoms with van der Waals surface area (Å²) in [5.41, 5.74) is 2.26. The molecule has 0 unspecified atom stereocenters. The van der Waals surface area contributed by atoms with Gasteiger partial charge < -0.3 is 4.98 Å². The highest BCUT2D eigenvalue weighted by molar-refractivity contribution is 6.08. The summed E-state index contributed by atoms with van der Waals surface area (Å²) in [6.45, 7) is 0. The highest BCUT2D eigenvalue weighted by atomic mass is 16.6. The summed E-state index contributed by atoms with van der Waals surface area (Å²) in [6.07, 6.45) is 0. The number of benzene rings is 4. The van der Waals surface area contributed by atoms with Gasteiger partial charge in [-0.3, -0.25) is 25.0 Å². The molecule has 0 spiro atoms. The molecule has 1 aromatic heterocycles. The lowest BCUT2D eigenvalue weighted by molar-refractivity contribution is -0.384. The van der Waals surface area contributed by atoms with Gasteiger partial charge in [-0.1, -0.05) is 42.5 Å². The van der Waals surface area contributed by atoms with E-state index in [-0.39, 0.29) is 16.9 Å². The molecule has 0 aliphatic carbocycles. The molecule has 1 N–H and O–H groups in total. The minimum atomic E-state index is -0.443. The Hall–Kier alpha value is -4.85. The van der Waals surface area contributed by atoms with Crippen LogP contribution in [-0.4, -0.2) is 14.8 Å². The molecule has 1 heterocycles. The van der Waals surface area contributed by atoms with Gasteiger partial charge in [0.2, 0.25) is 0 Å². The Kier molecular flexibility index (Phi) is 4.68. The smallest absolute Gasteiger partial charge is 0.277 e. The van der Waals surface area contributed by atoms with Gasteiger partial charge in [-0.25, -0.2) is 0 Å². The Bertz CT molecular complexity index is 1660. The van der Waals surface area contributed by atoms with Crippen molar-refractivity contribution in [2.24, 2.45) is 0 Å². The molecule has 5 aromatic rings. The van der Waals surface area contributed by atoms with Crippen molar-refractivity contribution in [2.75, 3.05) is 0 Å². The van der Waals surface area contributed by atoms with E-state index in [9.17, 15) is 25.0 Å². The van der Waals surface area contributed by atoms with Crippen LogP contribution in [0, 0.1) is 20.2 Å². The minimum Gasteiger partial charge on any atom is -0.321 e. The van der Waals surface area contributed by atoms with E-state index in [2.05, 4.69) is 4.98 Å². The van der Waals surface area contributed by atoms with Crippen molar-refractivity contribution >= 4 is 33.1 Å². The van der Waals surface area contributed by atoms with E-state index in [0.29, 0.717) is 38.5 Å². The third-order valence-corrected chi connectivity index (χ3v) is 5.65. The number of nitrogens with one attached hydrogen (secondary N) is 1. The van der Waals surface area contributed by atoms with Crippen molar-refractivity contribution in [1.82, 2.24) is 4.98 Å². The number of aromatic amines is 1. The highest BCUT2D eigenvalue weighted by Gasteiger charge is 2.17. The third kappa shape index (κ3) is 3.39. The predicted octanol–water partition coefficient (Wildman–Crippen LogP) is 5.83. The monoisotopic (exact) mass is 437 g/mol. The van der Waals surface area contributed by atoms with Gasteiger partial charge in [-0.05, 0) is 46.8 Å². The zero-order chi connectivity index (χ0) is 23.1. The van der Waals surface area contributed by atoms with Gasteiger partial charge >= 0.3 is 0 Å². The molecular formula is C25H15N3O5. The van der Waals surface area contributed by atoms with Gasteiger partial charge in [-0.2, -0.15) is 0 Å². The lowest BCUT2D eigenvalue weighted by atomic mass is 9.96. The van der Waals surface area contributed by atoms with E-state index >= 15 is 0 Å². The van der Waals surface area contributed by atoms with Gasteiger partial charge in [0.15, 0.2) is 0 Å². The van der Waals surface area contributed by atoms with Gasteiger partial charge in [0, 0.05) is 28.4 Å². The average molecular weight is 437 g/mol. The number of nitrogens with zero attached hydrogens (tertiary/aromatic N) is 2. The first kappa shape index (κ1) is 20.1. The van der Waals surface area contributed by atoms with Crippen molar-refractivity contribution < 1.29 is 9.85 Å². The molecular weight excluding hydrogens is 422 g/mol. The van der Waals surface area contributed by atoms with Crippen LogP contribution in [-0.2, 0) is 0 Å². The quantitative estimate of drug-likeness (QED) is 0.215. The van der Waals surface area contributed by atoms with E-state index in [4.69, 9.17) is 0 Å². The number of nitro groups is 2. The summed E-state index contributed by atoms with van der Waals surface area (Å²) in [5.74, 6) is 0. The van der Waals surface area contributed by atoms with Crippen LogP contribution in [0.5, 0.6) is 0 Å². The van der Waals surface area contributed by atoms with Crippen LogP contribution in [0.25, 0.3) is 43.9 Å². The topological polar surface area (TPSA) is 119 Å². The molecule has 0 radical (unpaired) electrons. The van der Waals surface area contributed by atoms with Gasteiger partial charge in [0.05, 0.1) is 21.0 Å². The SMILES string of the molecule is O=c1[nH]c2cc(-c3ccccc3[N+](=O)[O-])ccc2c2cc(-c3ccccc3[N+](=O)[O-])ccc12. The Balaban J connectivity index is 1.75. The number of rotatable bonds is 4. The molecule has 8 heteroatoms. The molecule has 0 aliphatic heterocycles. The fraction of sp³-hybridized carbons (Fsp3) is 0.